The summed E-state index contributed by atoms with van der Waals surface area (Å²) in [5.41, 5.74) is 0. The van der Waals surface area contributed by atoms with Gasteiger partial charge in [0.25, 0.3) is 0 Å². The molecule has 0 saturated carbocycles. The Morgan fingerprint density at radius 2 is 2.00 bits per heavy atom. The molecule has 0 aliphatic carbocycles. The van der Waals surface area contributed by atoms with Crippen LogP contribution in [0.2, 0.25) is 5.02 Å². The predicted octanol–water partition coefficient (Wildman–Crippen LogP) is 5.12. The molecule has 0 aliphatic rings. The molecule has 0 radical (unpaired) electrons. The van der Waals surface area contributed by atoms with E-state index in [0.29, 0.717) is 5.92 Å². The third-order valence-electron chi connectivity index (χ3n) is 2.36. The number of halogens is 2. The second kappa shape index (κ2) is 5.23. The van der Waals surface area contributed by atoms with E-state index in [4.69, 9.17) is 23.2 Å². The summed E-state index contributed by atoms with van der Waals surface area (Å²) in [6, 6.07) is 1.92. The van der Waals surface area contributed by atoms with Crippen molar-refractivity contribution >= 4 is 34.5 Å². The minimum Gasteiger partial charge on any atom is -0.146 e. The SMILES string of the molecule is CCC(CC)C(Cl)c1sccc1Cl. The van der Waals surface area contributed by atoms with Crippen molar-refractivity contribution in [2.45, 2.75) is 32.1 Å². The molecule has 0 amide bonds. The largest absolute Gasteiger partial charge is 0.146 e. The van der Waals surface area contributed by atoms with Gasteiger partial charge in [0.15, 0.2) is 0 Å². The Labute approximate surface area is 93.9 Å². The van der Waals surface area contributed by atoms with Crippen molar-refractivity contribution in [2.24, 2.45) is 5.92 Å². The molecule has 1 heterocycles. The van der Waals surface area contributed by atoms with E-state index in [1.54, 1.807) is 11.3 Å². The summed E-state index contributed by atoms with van der Waals surface area (Å²) in [5, 5.41) is 2.90. The standard InChI is InChI=1S/C10H14Cl2S/c1-3-7(4-2)9(12)10-8(11)5-6-13-10/h5-7,9H,3-4H2,1-2H3. The maximum atomic E-state index is 6.35. The molecule has 1 aromatic rings. The summed E-state index contributed by atoms with van der Waals surface area (Å²) in [6.45, 7) is 4.34. The van der Waals surface area contributed by atoms with Crippen molar-refractivity contribution in [2.75, 3.05) is 0 Å². The maximum Gasteiger partial charge on any atom is 0.0721 e. The summed E-state index contributed by atoms with van der Waals surface area (Å²) in [7, 11) is 0. The van der Waals surface area contributed by atoms with Crippen molar-refractivity contribution < 1.29 is 0 Å². The van der Waals surface area contributed by atoms with Crippen molar-refractivity contribution in [3.05, 3.63) is 21.3 Å². The first-order valence-electron chi connectivity index (χ1n) is 4.57. The van der Waals surface area contributed by atoms with Crippen LogP contribution in [0.4, 0.5) is 0 Å². The summed E-state index contributed by atoms with van der Waals surface area (Å²) in [6.07, 6.45) is 2.22. The lowest BCUT2D eigenvalue weighted by molar-refractivity contribution is 0.479. The lowest BCUT2D eigenvalue weighted by atomic mass is 9.98. The van der Waals surface area contributed by atoms with Crippen molar-refractivity contribution in [1.29, 1.82) is 0 Å². The highest BCUT2D eigenvalue weighted by Crippen LogP contribution is 2.39. The number of hydrogen-bond acceptors (Lipinski definition) is 1. The van der Waals surface area contributed by atoms with Crippen LogP contribution in [0.25, 0.3) is 0 Å². The van der Waals surface area contributed by atoms with E-state index in [1.165, 1.54) is 0 Å². The normalized spacial score (nSPS) is 13.6. The molecule has 0 aliphatic heterocycles. The van der Waals surface area contributed by atoms with E-state index in [1.807, 2.05) is 11.4 Å². The van der Waals surface area contributed by atoms with Crippen LogP contribution in [-0.4, -0.2) is 0 Å². The van der Waals surface area contributed by atoms with Gasteiger partial charge in [-0.2, -0.15) is 0 Å². The third kappa shape index (κ3) is 2.61. The van der Waals surface area contributed by atoms with Crippen LogP contribution in [0.3, 0.4) is 0 Å². The molecule has 0 nitrogen and oxygen atoms in total. The average Bonchev–Trinajstić information content (AvgIpc) is 2.53. The van der Waals surface area contributed by atoms with Gasteiger partial charge in [0, 0.05) is 4.88 Å². The molecule has 1 aromatic heterocycles. The Bertz CT molecular complexity index is 253. The van der Waals surface area contributed by atoms with Gasteiger partial charge in [0.1, 0.15) is 0 Å². The Balaban J connectivity index is 2.77. The van der Waals surface area contributed by atoms with Crippen LogP contribution in [0, 0.1) is 5.92 Å². The lowest BCUT2D eigenvalue weighted by Crippen LogP contribution is -2.04. The Morgan fingerprint density at radius 3 is 2.38 bits per heavy atom. The predicted molar refractivity (Wildman–Crippen MR) is 62.0 cm³/mol. The van der Waals surface area contributed by atoms with Crippen molar-refractivity contribution in [3.8, 4) is 0 Å². The smallest absolute Gasteiger partial charge is 0.0721 e. The fraction of sp³-hybridized carbons (Fsp3) is 0.600. The molecule has 0 fully saturated rings. The Kier molecular flexibility index (Phi) is 4.57. The fourth-order valence-electron chi connectivity index (χ4n) is 1.42. The minimum atomic E-state index is 0.0856. The van der Waals surface area contributed by atoms with Gasteiger partial charge in [-0.05, 0) is 17.4 Å². The number of alkyl halides is 1. The lowest BCUT2D eigenvalue weighted by Gasteiger charge is -2.18. The molecular formula is C10H14Cl2S. The fourth-order valence-corrected chi connectivity index (χ4v) is 3.35. The summed E-state index contributed by atoms with van der Waals surface area (Å²) >= 11 is 14.0. The van der Waals surface area contributed by atoms with Crippen molar-refractivity contribution in [1.82, 2.24) is 0 Å². The molecule has 0 bridgehead atoms. The molecular weight excluding hydrogens is 223 g/mol. The molecule has 0 aromatic carbocycles. The molecule has 1 unspecified atom stereocenters. The van der Waals surface area contributed by atoms with Crippen LogP contribution >= 0.6 is 34.5 Å². The first-order chi connectivity index (χ1) is 6.20. The molecule has 0 saturated heterocycles. The van der Waals surface area contributed by atoms with E-state index in [9.17, 15) is 0 Å². The second-order valence-electron chi connectivity index (χ2n) is 3.11. The van der Waals surface area contributed by atoms with Crippen LogP contribution in [0.5, 0.6) is 0 Å². The zero-order valence-corrected chi connectivity index (χ0v) is 10.2. The van der Waals surface area contributed by atoms with Gasteiger partial charge >= 0.3 is 0 Å². The second-order valence-corrected chi connectivity index (χ2v) is 4.94. The van der Waals surface area contributed by atoms with E-state index in [2.05, 4.69) is 13.8 Å². The van der Waals surface area contributed by atoms with Crippen LogP contribution in [-0.2, 0) is 0 Å². The maximum absolute atomic E-state index is 6.35. The zero-order valence-electron chi connectivity index (χ0n) is 7.89. The van der Waals surface area contributed by atoms with E-state index in [-0.39, 0.29) is 5.38 Å². The molecule has 0 N–H and O–H groups in total. The quantitative estimate of drug-likeness (QED) is 0.637. The molecule has 3 heteroatoms. The highest BCUT2D eigenvalue weighted by Gasteiger charge is 2.20. The number of thiophene rings is 1. The third-order valence-corrected chi connectivity index (χ3v) is 4.50. The van der Waals surface area contributed by atoms with Crippen LogP contribution in [0.15, 0.2) is 11.4 Å². The number of rotatable bonds is 4. The van der Waals surface area contributed by atoms with E-state index >= 15 is 0 Å². The van der Waals surface area contributed by atoms with Gasteiger partial charge in [-0.15, -0.1) is 22.9 Å². The van der Waals surface area contributed by atoms with E-state index in [0.717, 1.165) is 22.7 Å². The monoisotopic (exact) mass is 236 g/mol. The van der Waals surface area contributed by atoms with E-state index < -0.39 is 0 Å². The van der Waals surface area contributed by atoms with Gasteiger partial charge in [-0.25, -0.2) is 0 Å². The van der Waals surface area contributed by atoms with Crippen molar-refractivity contribution in [3.63, 3.8) is 0 Å². The van der Waals surface area contributed by atoms with Crippen LogP contribution in [0.1, 0.15) is 36.9 Å². The average molecular weight is 237 g/mol. The summed E-state index contributed by atoms with van der Waals surface area (Å²) in [4.78, 5) is 1.12. The van der Waals surface area contributed by atoms with Crippen LogP contribution < -0.4 is 0 Å². The number of hydrogen-bond donors (Lipinski definition) is 0. The Hall–Kier alpha value is 0.280. The first kappa shape index (κ1) is 11.4. The molecule has 13 heavy (non-hydrogen) atoms. The van der Waals surface area contributed by atoms with Gasteiger partial charge < -0.3 is 0 Å². The molecule has 74 valence electrons. The molecule has 0 spiro atoms. The molecule has 1 atom stereocenters. The summed E-state index contributed by atoms with van der Waals surface area (Å²) < 4.78 is 0. The first-order valence-corrected chi connectivity index (χ1v) is 6.27. The minimum absolute atomic E-state index is 0.0856. The highest BCUT2D eigenvalue weighted by molar-refractivity contribution is 7.11. The highest BCUT2D eigenvalue weighted by atomic mass is 35.5. The van der Waals surface area contributed by atoms with Gasteiger partial charge in [-0.1, -0.05) is 38.3 Å². The summed E-state index contributed by atoms with van der Waals surface area (Å²) in [5.74, 6) is 0.540. The van der Waals surface area contributed by atoms with Gasteiger partial charge in [-0.3, -0.25) is 0 Å². The molecule has 1 rings (SSSR count). The zero-order chi connectivity index (χ0) is 9.84. The Morgan fingerprint density at radius 1 is 1.38 bits per heavy atom. The van der Waals surface area contributed by atoms with Gasteiger partial charge in [0.05, 0.1) is 10.4 Å². The van der Waals surface area contributed by atoms with Gasteiger partial charge in [0.2, 0.25) is 0 Å². The topological polar surface area (TPSA) is 0 Å².